The molecular formula is C13H10Cl2N2O3. The molecule has 20 heavy (non-hydrogen) atoms. The molecule has 5 nitrogen and oxygen atoms in total. The van der Waals surface area contributed by atoms with Crippen molar-refractivity contribution in [3.05, 3.63) is 51.8 Å². The summed E-state index contributed by atoms with van der Waals surface area (Å²) in [5.41, 5.74) is 0.934. The molecule has 0 saturated heterocycles. The first-order valence-electron chi connectivity index (χ1n) is 5.55. The minimum atomic E-state index is -1.02. The monoisotopic (exact) mass is 312 g/mol. The van der Waals surface area contributed by atoms with Gasteiger partial charge in [0.15, 0.2) is 0 Å². The van der Waals surface area contributed by atoms with Gasteiger partial charge in [0.05, 0.1) is 10.6 Å². The molecule has 2 aromatic rings. The standard InChI is InChI=1S/C13H10Cl2N2O3/c1-17-10(6-9(14)11(17)15)12(18)16-8-4-2-7(3-5-8)13(19)20/h2-6H,1H3,(H,16,18)(H,19,20). The number of nitrogens with zero attached hydrogens (tertiary/aromatic N) is 1. The largest absolute Gasteiger partial charge is 0.478 e. The van der Waals surface area contributed by atoms with E-state index >= 15 is 0 Å². The van der Waals surface area contributed by atoms with Gasteiger partial charge in [-0.1, -0.05) is 23.2 Å². The van der Waals surface area contributed by atoms with Gasteiger partial charge >= 0.3 is 5.97 Å². The highest BCUT2D eigenvalue weighted by atomic mass is 35.5. The lowest BCUT2D eigenvalue weighted by molar-refractivity contribution is 0.0696. The second-order valence-electron chi connectivity index (χ2n) is 4.06. The number of carboxylic acids is 1. The molecule has 7 heteroatoms. The Balaban J connectivity index is 2.19. The molecule has 1 amide bonds. The van der Waals surface area contributed by atoms with Crippen molar-refractivity contribution < 1.29 is 14.7 Å². The van der Waals surface area contributed by atoms with Crippen molar-refractivity contribution in [1.82, 2.24) is 4.57 Å². The van der Waals surface area contributed by atoms with Gasteiger partial charge in [-0.2, -0.15) is 0 Å². The van der Waals surface area contributed by atoms with E-state index in [0.29, 0.717) is 16.4 Å². The first-order chi connectivity index (χ1) is 9.40. The van der Waals surface area contributed by atoms with Gasteiger partial charge in [-0.3, -0.25) is 4.79 Å². The zero-order valence-electron chi connectivity index (χ0n) is 10.4. The van der Waals surface area contributed by atoms with Crippen molar-refractivity contribution >= 4 is 40.8 Å². The van der Waals surface area contributed by atoms with Crippen LogP contribution >= 0.6 is 23.2 Å². The molecule has 0 radical (unpaired) electrons. The number of carbonyl (C=O) groups is 2. The lowest BCUT2D eigenvalue weighted by Crippen LogP contribution is -2.15. The molecule has 2 rings (SSSR count). The molecule has 0 aliphatic carbocycles. The summed E-state index contributed by atoms with van der Waals surface area (Å²) in [6.07, 6.45) is 0. The maximum absolute atomic E-state index is 12.1. The number of aromatic nitrogens is 1. The molecule has 1 aromatic heterocycles. The average Bonchev–Trinajstić information content (AvgIpc) is 2.67. The number of carbonyl (C=O) groups excluding carboxylic acids is 1. The predicted octanol–water partition coefficient (Wildman–Crippen LogP) is 3.28. The van der Waals surface area contributed by atoms with E-state index in [4.69, 9.17) is 28.3 Å². The Hall–Kier alpha value is -1.98. The third-order valence-electron chi connectivity index (χ3n) is 2.74. The third kappa shape index (κ3) is 2.79. The second kappa shape index (κ2) is 5.56. The maximum Gasteiger partial charge on any atom is 0.335 e. The lowest BCUT2D eigenvalue weighted by atomic mass is 10.2. The van der Waals surface area contributed by atoms with Crippen LogP contribution in [0.3, 0.4) is 0 Å². The van der Waals surface area contributed by atoms with Gasteiger partial charge < -0.3 is 15.0 Å². The van der Waals surface area contributed by atoms with Gasteiger partial charge in [0.2, 0.25) is 0 Å². The van der Waals surface area contributed by atoms with E-state index in [-0.39, 0.29) is 16.6 Å². The van der Waals surface area contributed by atoms with E-state index in [1.807, 2.05) is 0 Å². The van der Waals surface area contributed by atoms with Crippen LogP contribution in [0.25, 0.3) is 0 Å². The highest BCUT2D eigenvalue weighted by molar-refractivity contribution is 6.42. The highest BCUT2D eigenvalue weighted by Gasteiger charge is 2.15. The lowest BCUT2D eigenvalue weighted by Gasteiger charge is -2.06. The number of amides is 1. The number of hydrogen-bond acceptors (Lipinski definition) is 2. The molecule has 1 heterocycles. The second-order valence-corrected chi connectivity index (χ2v) is 4.83. The number of halogens is 2. The van der Waals surface area contributed by atoms with Gasteiger partial charge in [-0.15, -0.1) is 0 Å². The molecule has 0 fully saturated rings. The molecule has 0 atom stereocenters. The van der Waals surface area contributed by atoms with E-state index in [0.717, 1.165) is 0 Å². The summed E-state index contributed by atoms with van der Waals surface area (Å²) in [6, 6.07) is 7.29. The smallest absolute Gasteiger partial charge is 0.335 e. The number of rotatable bonds is 3. The van der Waals surface area contributed by atoms with Gasteiger partial charge in [-0.05, 0) is 30.3 Å². The average molecular weight is 313 g/mol. The fraction of sp³-hybridized carbons (Fsp3) is 0.0769. The van der Waals surface area contributed by atoms with Crippen molar-refractivity contribution in [2.75, 3.05) is 5.32 Å². The molecule has 2 N–H and O–H groups in total. The maximum atomic E-state index is 12.1. The molecule has 0 unspecified atom stereocenters. The summed E-state index contributed by atoms with van der Waals surface area (Å²) < 4.78 is 1.46. The van der Waals surface area contributed by atoms with Crippen LogP contribution in [0.2, 0.25) is 10.2 Å². The number of nitrogens with one attached hydrogen (secondary N) is 1. The van der Waals surface area contributed by atoms with Crippen LogP contribution in [0, 0.1) is 0 Å². The zero-order chi connectivity index (χ0) is 14.9. The number of anilines is 1. The predicted molar refractivity (Wildman–Crippen MR) is 76.8 cm³/mol. The molecule has 0 saturated carbocycles. The first kappa shape index (κ1) is 14.4. The topological polar surface area (TPSA) is 71.3 Å². The van der Waals surface area contributed by atoms with Gasteiger partial charge in [0.1, 0.15) is 10.8 Å². The SMILES string of the molecule is Cn1c(C(=O)Nc2ccc(C(=O)O)cc2)cc(Cl)c1Cl. The minimum absolute atomic E-state index is 0.146. The molecule has 0 aliphatic heterocycles. The number of carboxylic acid groups (broad SMARTS) is 1. The Morgan fingerprint density at radius 2 is 1.80 bits per heavy atom. The van der Waals surface area contributed by atoms with Crippen LogP contribution in [0.4, 0.5) is 5.69 Å². The Bertz CT molecular complexity index is 678. The van der Waals surface area contributed by atoms with Gasteiger partial charge in [0, 0.05) is 12.7 Å². The third-order valence-corrected chi connectivity index (χ3v) is 3.58. The molecule has 1 aromatic carbocycles. The van der Waals surface area contributed by atoms with E-state index in [1.54, 1.807) is 7.05 Å². The number of aromatic carboxylic acids is 1. The van der Waals surface area contributed by atoms with Crippen LogP contribution in [0.1, 0.15) is 20.8 Å². The fourth-order valence-electron chi connectivity index (χ4n) is 1.65. The summed E-state index contributed by atoms with van der Waals surface area (Å²) in [7, 11) is 1.62. The highest BCUT2D eigenvalue weighted by Crippen LogP contribution is 2.25. The normalized spacial score (nSPS) is 10.3. The summed E-state index contributed by atoms with van der Waals surface area (Å²) in [6.45, 7) is 0. The van der Waals surface area contributed by atoms with Crippen molar-refractivity contribution in [3.8, 4) is 0 Å². The van der Waals surface area contributed by atoms with Crippen molar-refractivity contribution in [1.29, 1.82) is 0 Å². The fourth-order valence-corrected chi connectivity index (χ4v) is 2.03. The van der Waals surface area contributed by atoms with Gasteiger partial charge in [-0.25, -0.2) is 4.79 Å². The Morgan fingerprint density at radius 3 is 2.25 bits per heavy atom. The quantitative estimate of drug-likeness (QED) is 0.913. The summed E-state index contributed by atoms with van der Waals surface area (Å²) in [4.78, 5) is 22.8. The van der Waals surface area contributed by atoms with E-state index in [1.165, 1.54) is 34.9 Å². The number of hydrogen-bond donors (Lipinski definition) is 2. The Kier molecular flexibility index (Phi) is 4.01. The Labute approximate surface area is 124 Å². The summed E-state index contributed by atoms with van der Waals surface area (Å²) >= 11 is 11.7. The summed E-state index contributed by atoms with van der Waals surface area (Å²) in [5.74, 6) is -1.41. The molecule has 0 spiro atoms. The van der Waals surface area contributed by atoms with E-state index in [9.17, 15) is 9.59 Å². The number of benzene rings is 1. The van der Waals surface area contributed by atoms with Crippen LogP contribution in [0.15, 0.2) is 30.3 Å². The van der Waals surface area contributed by atoms with E-state index < -0.39 is 5.97 Å². The van der Waals surface area contributed by atoms with Crippen LogP contribution in [0.5, 0.6) is 0 Å². The molecule has 104 valence electrons. The van der Waals surface area contributed by atoms with Gasteiger partial charge in [0.25, 0.3) is 5.91 Å². The molecular weight excluding hydrogens is 303 g/mol. The minimum Gasteiger partial charge on any atom is -0.478 e. The first-order valence-corrected chi connectivity index (χ1v) is 6.31. The van der Waals surface area contributed by atoms with Crippen molar-refractivity contribution in [2.45, 2.75) is 0 Å². The Morgan fingerprint density at radius 1 is 1.20 bits per heavy atom. The van der Waals surface area contributed by atoms with Crippen LogP contribution < -0.4 is 5.32 Å². The van der Waals surface area contributed by atoms with Crippen molar-refractivity contribution in [3.63, 3.8) is 0 Å². The van der Waals surface area contributed by atoms with Crippen molar-refractivity contribution in [2.24, 2.45) is 7.05 Å². The zero-order valence-corrected chi connectivity index (χ0v) is 11.9. The molecule has 0 aliphatic rings. The summed E-state index contributed by atoms with van der Waals surface area (Å²) in [5, 5.41) is 12.0. The van der Waals surface area contributed by atoms with E-state index in [2.05, 4.69) is 5.32 Å². The van der Waals surface area contributed by atoms with Crippen LogP contribution in [-0.2, 0) is 7.05 Å². The molecule has 0 bridgehead atoms. The van der Waals surface area contributed by atoms with Crippen LogP contribution in [-0.4, -0.2) is 21.6 Å².